The highest BCUT2D eigenvalue weighted by molar-refractivity contribution is 5.81. The third kappa shape index (κ3) is 5.21. The van der Waals surface area contributed by atoms with Crippen LogP contribution in [0.3, 0.4) is 0 Å². The van der Waals surface area contributed by atoms with E-state index in [2.05, 4.69) is 39.8 Å². The van der Waals surface area contributed by atoms with Crippen molar-refractivity contribution < 1.29 is 9.53 Å². The molecular weight excluding hydrogens is 350 g/mol. The minimum atomic E-state index is -0.0964. The monoisotopic (exact) mass is 379 g/mol. The summed E-state index contributed by atoms with van der Waals surface area (Å²) in [6.07, 6.45) is 4.99. The highest BCUT2D eigenvalue weighted by atomic mass is 16.5. The molecule has 2 atom stereocenters. The molecule has 5 nitrogen and oxygen atoms in total. The van der Waals surface area contributed by atoms with Crippen LogP contribution in [0.4, 0.5) is 0 Å². The topological polar surface area (TPSA) is 53.6 Å². The van der Waals surface area contributed by atoms with Crippen molar-refractivity contribution in [1.29, 1.82) is 0 Å². The normalized spacial score (nSPS) is 19.8. The van der Waals surface area contributed by atoms with Crippen LogP contribution in [0, 0.1) is 0 Å². The maximum Gasteiger partial charge on any atom is 0.237 e. The Morgan fingerprint density at radius 3 is 2.68 bits per heavy atom. The van der Waals surface area contributed by atoms with E-state index in [0.717, 1.165) is 37.4 Å². The summed E-state index contributed by atoms with van der Waals surface area (Å²) < 4.78 is 5.38. The molecule has 0 bridgehead atoms. The van der Waals surface area contributed by atoms with Crippen molar-refractivity contribution in [3.8, 4) is 5.75 Å². The fourth-order valence-electron chi connectivity index (χ4n) is 3.71. The molecule has 0 spiro atoms. The zero-order chi connectivity index (χ0) is 19.8. The van der Waals surface area contributed by atoms with E-state index in [-0.39, 0.29) is 18.0 Å². The zero-order valence-electron chi connectivity index (χ0n) is 16.6. The number of nitrogens with one attached hydrogen (secondary N) is 2. The van der Waals surface area contributed by atoms with Gasteiger partial charge in [-0.3, -0.25) is 9.69 Å². The summed E-state index contributed by atoms with van der Waals surface area (Å²) in [4.78, 5) is 14.6. The molecule has 1 amide bonds. The van der Waals surface area contributed by atoms with Gasteiger partial charge in [-0.2, -0.15) is 0 Å². The number of nitrogens with zero attached hydrogens (tertiary/aromatic N) is 1. The summed E-state index contributed by atoms with van der Waals surface area (Å²) in [6.45, 7) is 2.39. The first-order chi connectivity index (χ1) is 13.7. The largest absolute Gasteiger partial charge is 0.496 e. The number of likely N-dealkylation sites (N-methyl/N-ethyl adjacent to an activating group) is 1. The van der Waals surface area contributed by atoms with Crippen molar-refractivity contribution >= 4 is 12.0 Å². The van der Waals surface area contributed by atoms with Gasteiger partial charge in [0.05, 0.1) is 13.2 Å². The minimum absolute atomic E-state index is 0.0878. The number of likely N-dealkylation sites (tertiary alicyclic amines) is 1. The molecule has 0 aromatic heterocycles. The molecular formula is C23H29N3O2. The lowest BCUT2D eigenvalue weighted by molar-refractivity contribution is -0.125. The Kier molecular flexibility index (Phi) is 7.23. The molecule has 148 valence electrons. The van der Waals surface area contributed by atoms with Crippen LogP contribution in [0.15, 0.2) is 60.7 Å². The molecule has 1 aliphatic heterocycles. The molecule has 5 heteroatoms. The van der Waals surface area contributed by atoms with Gasteiger partial charge >= 0.3 is 0 Å². The van der Waals surface area contributed by atoms with Gasteiger partial charge in [-0.1, -0.05) is 60.7 Å². The Bertz CT molecular complexity index is 791. The standard InChI is InChI=1S/C23H29N3O2/c1-24-23(27)21-15-20(17-26(21)16-18-9-4-3-5-10-18)25-14-8-12-19-11-6-7-13-22(19)28-2/h3-13,20-21,25H,14-17H2,1-2H3,(H,24,27)/b12-8+/t20-,21+/m1/s1. The van der Waals surface area contributed by atoms with E-state index in [1.54, 1.807) is 14.2 Å². The summed E-state index contributed by atoms with van der Waals surface area (Å²) in [5.41, 5.74) is 2.29. The maximum atomic E-state index is 12.3. The van der Waals surface area contributed by atoms with Crippen molar-refractivity contribution in [2.45, 2.75) is 25.0 Å². The van der Waals surface area contributed by atoms with Crippen LogP contribution in [-0.4, -0.2) is 50.1 Å². The Morgan fingerprint density at radius 2 is 1.93 bits per heavy atom. The van der Waals surface area contributed by atoms with Gasteiger partial charge in [0.1, 0.15) is 5.75 Å². The Hall–Kier alpha value is -2.63. The molecule has 3 rings (SSSR count). The molecule has 0 radical (unpaired) electrons. The molecule has 2 N–H and O–H groups in total. The maximum absolute atomic E-state index is 12.3. The molecule has 1 fully saturated rings. The van der Waals surface area contributed by atoms with Crippen LogP contribution < -0.4 is 15.4 Å². The van der Waals surface area contributed by atoms with Crippen LogP contribution in [-0.2, 0) is 11.3 Å². The number of benzene rings is 2. The quantitative estimate of drug-likeness (QED) is 0.741. The lowest BCUT2D eigenvalue weighted by Gasteiger charge is -2.22. The van der Waals surface area contributed by atoms with E-state index in [9.17, 15) is 4.79 Å². The molecule has 2 aromatic carbocycles. The second-order valence-corrected chi connectivity index (χ2v) is 7.03. The van der Waals surface area contributed by atoms with Crippen molar-refractivity contribution in [1.82, 2.24) is 15.5 Å². The van der Waals surface area contributed by atoms with Crippen LogP contribution in [0.5, 0.6) is 5.75 Å². The summed E-state index contributed by atoms with van der Waals surface area (Å²) in [6, 6.07) is 18.5. The summed E-state index contributed by atoms with van der Waals surface area (Å²) >= 11 is 0. The van der Waals surface area contributed by atoms with E-state index < -0.39 is 0 Å². The number of carbonyl (C=O) groups excluding carboxylic acids is 1. The number of carbonyl (C=O) groups is 1. The molecule has 0 unspecified atom stereocenters. The average Bonchev–Trinajstić information content (AvgIpc) is 3.14. The SMILES string of the molecule is CNC(=O)[C@@H]1C[C@@H](NC/C=C/c2ccccc2OC)CN1Cc1ccccc1. The smallest absolute Gasteiger partial charge is 0.237 e. The third-order valence-electron chi connectivity index (χ3n) is 5.14. The van der Waals surface area contributed by atoms with Crippen molar-refractivity contribution in [3.05, 3.63) is 71.8 Å². The van der Waals surface area contributed by atoms with Crippen molar-refractivity contribution in [3.63, 3.8) is 0 Å². The van der Waals surface area contributed by atoms with Crippen molar-refractivity contribution in [2.24, 2.45) is 0 Å². The van der Waals surface area contributed by atoms with E-state index >= 15 is 0 Å². The summed E-state index contributed by atoms with van der Waals surface area (Å²) in [7, 11) is 3.39. The zero-order valence-corrected chi connectivity index (χ0v) is 16.6. The van der Waals surface area contributed by atoms with Crippen molar-refractivity contribution in [2.75, 3.05) is 27.2 Å². The lowest BCUT2D eigenvalue weighted by Crippen LogP contribution is -2.41. The number of para-hydroxylation sites is 1. The molecule has 1 saturated heterocycles. The Morgan fingerprint density at radius 1 is 1.18 bits per heavy atom. The Labute approximate surface area is 167 Å². The highest BCUT2D eigenvalue weighted by Gasteiger charge is 2.35. The minimum Gasteiger partial charge on any atom is -0.496 e. The number of ether oxygens (including phenoxy) is 1. The van der Waals surface area contributed by atoms with E-state index in [0.29, 0.717) is 0 Å². The van der Waals surface area contributed by atoms with Crippen LogP contribution in [0.1, 0.15) is 17.5 Å². The van der Waals surface area contributed by atoms with Gasteiger partial charge < -0.3 is 15.4 Å². The van der Waals surface area contributed by atoms with E-state index in [1.165, 1.54) is 5.56 Å². The number of rotatable bonds is 8. The van der Waals surface area contributed by atoms with Gasteiger partial charge in [0.15, 0.2) is 0 Å². The predicted octanol–water partition coefficient (Wildman–Crippen LogP) is 2.69. The summed E-state index contributed by atoms with van der Waals surface area (Å²) in [5, 5.41) is 6.37. The third-order valence-corrected chi connectivity index (χ3v) is 5.14. The first-order valence-corrected chi connectivity index (χ1v) is 9.73. The van der Waals surface area contributed by atoms with Crippen LogP contribution in [0.2, 0.25) is 0 Å². The van der Waals surface area contributed by atoms with Gasteiger partial charge in [0, 0.05) is 38.3 Å². The number of hydrogen-bond acceptors (Lipinski definition) is 4. The molecule has 1 aliphatic rings. The number of hydrogen-bond donors (Lipinski definition) is 2. The molecule has 0 saturated carbocycles. The van der Waals surface area contributed by atoms with E-state index in [4.69, 9.17) is 4.74 Å². The molecule has 1 heterocycles. The van der Waals surface area contributed by atoms with Crippen LogP contribution >= 0.6 is 0 Å². The summed E-state index contributed by atoms with van der Waals surface area (Å²) in [5.74, 6) is 0.957. The number of amides is 1. The second-order valence-electron chi connectivity index (χ2n) is 7.03. The van der Waals surface area contributed by atoms with Gasteiger partial charge in [-0.25, -0.2) is 0 Å². The van der Waals surface area contributed by atoms with Gasteiger partial charge in [-0.05, 0) is 18.1 Å². The average molecular weight is 380 g/mol. The molecule has 28 heavy (non-hydrogen) atoms. The first kappa shape index (κ1) is 20.1. The van der Waals surface area contributed by atoms with Gasteiger partial charge in [0.25, 0.3) is 0 Å². The second kappa shape index (κ2) is 10.1. The highest BCUT2D eigenvalue weighted by Crippen LogP contribution is 2.21. The van der Waals surface area contributed by atoms with E-state index in [1.807, 2.05) is 42.5 Å². The van der Waals surface area contributed by atoms with Crippen LogP contribution in [0.25, 0.3) is 6.08 Å². The lowest BCUT2D eigenvalue weighted by atomic mass is 10.1. The first-order valence-electron chi connectivity index (χ1n) is 9.73. The van der Waals surface area contributed by atoms with Gasteiger partial charge in [0.2, 0.25) is 5.91 Å². The Balaban J connectivity index is 1.57. The fourth-order valence-corrected chi connectivity index (χ4v) is 3.71. The number of methoxy groups -OCH3 is 1. The molecule has 2 aromatic rings. The van der Waals surface area contributed by atoms with Gasteiger partial charge in [-0.15, -0.1) is 0 Å². The fraction of sp³-hybridized carbons (Fsp3) is 0.348. The predicted molar refractivity (Wildman–Crippen MR) is 113 cm³/mol. The molecule has 0 aliphatic carbocycles.